The summed E-state index contributed by atoms with van der Waals surface area (Å²) in [6.07, 6.45) is 0. The minimum atomic E-state index is -0.264. The van der Waals surface area contributed by atoms with Crippen molar-refractivity contribution < 1.29 is 14.3 Å². The van der Waals surface area contributed by atoms with Gasteiger partial charge in [0.05, 0.1) is 24.9 Å². The number of hydrogen-bond acceptors (Lipinski definition) is 6. The van der Waals surface area contributed by atoms with Crippen molar-refractivity contribution in [2.24, 2.45) is 0 Å². The molecule has 0 saturated heterocycles. The lowest BCUT2D eigenvalue weighted by Crippen LogP contribution is -2.10. The van der Waals surface area contributed by atoms with E-state index < -0.39 is 0 Å². The largest absolute Gasteiger partial charge is 0.493 e. The summed E-state index contributed by atoms with van der Waals surface area (Å²) in [5.41, 5.74) is 1.61. The number of nitrogens with one attached hydrogen (secondary N) is 1. The zero-order chi connectivity index (χ0) is 19.7. The lowest BCUT2D eigenvalue weighted by atomic mass is 10.1. The van der Waals surface area contributed by atoms with Gasteiger partial charge in [-0.3, -0.25) is 10.1 Å². The molecular formula is C20H15ClN2O3S2. The zero-order valence-electron chi connectivity index (χ0n) is 15.0. The molecule has 0 radical (unpaired) electrons. The van der Waals surface area contributed by atoms with Crippen LogP contribution in [0.1, 0.15) is 9.67 Å². The molecule has 0 saturated carbocycles. The van der Waals surface area contributed by atoms with Crippen molar-refractivity contribution in [3.05, 3.63) is 57.7 Å². The number of halogens is 1. The maximum absolute atomic E-state index is 12.7. The number of ether oxygens (including phenoxy) is 2. The summed E-state index contributed by atoms with van der Waals surface area (Å²) in [5.74, 6) is 1.00. The Bertz CT molecular complexity index is 1170. The Morgan fingerprint density at radius 3 is 2.64 bits per heavy atom. The molecule has 4 rings (SSSR count). The number of aromatic nitrogens is 1. The molecule has 0 aliphatic carbocycles. The third kappa shape index (κ3) is 3.44. The number of thiazole rings is 1. The van der Waals surface area contributed by atoms with Gasteiger partial charge in [0.2, 0.25) is 0 Å². The fraction of sp³-hybridized carbons (Fsp3) is 0.100. The second-order valence-corrected chi connectivity index (χ2v) is 8.09. The average Bonchev–Trinajstić information content (AvgIpc) is 3.32. The van der Waals surface area contributed by atoms with Gasteiger partial charge < -0.3 is 9.47 Å². The van der Waals surface area contributed by atoms with Crippen molar-refractivity contribution in [2.75, 3.05) is 19.5 Å². The van der Waals surface area contributed by atoms with Crippen LogP contribution in [-0.4, -0.2) is 25.1 Å². The van der Waals surface area contributed by atoms with Crippen molar-refractivity contribution in [2.45, 2.75) is 0 Å². The average molecular weight is 431 g/mol. The highest BCUT2D eigenvalue weighted by Crippen LogP contribution is 2.36. The monoisotopic (exact) mass is 430 g/mol. The minimum absolute atomic E-state index is 0.264. The molecule has 1 N–H and O–H groups in total. The van der Waals surface area contributed by atoms with Crippen molar-refractivity contribution >= 4 is 55.4 Å². The van der Waals surface area contributed by atoms with E-state index in [4.69, 9.17) is 21.1 Å². The minimum Gasteiger partial charge on any atom is -0.493 e. The van der Waals surface area contributed by atoms with Gasteiger partial charge in [0.15, 0.2) is 16.6 Å². The molecule has 28 heavy (non-hydrogen) atoms. The topological polar surface area (TPSA) is 60.5 Å². The van der Waals surface area contributed by atoms with E-state index in [1.165, 1.54) is 22.7 Å². The molecule has 0 aliphatic heterocycles. The predicted molar refractivity (Wildman–Crippen MR) is 115 cm³/mol. The van der Waals surface area contributed by atoms with Crippen LogP contribution in [0.2, 0.25) is 5.02 Å². The van der Waals surface area contributed by atoms with Crippen LogP contribution in [0.4, 0.5) is 5.13 Å². The van der Waals surface area contributed by atoms with Gasteiger partial charge in [0.25, 0.3) is 5.91 Å². The van der Waals surface area contributed by atoms with E-state index in [2.05, 4.69) is 10.3 Å². The van der Waals surface area contributed by atoms with Crippen LogP contribution in [0, 0.1) is 0 Å². The summed E-state index contributed by atoms with van der Waals surface area (Å²) in [7, 11) is 3.18. The summed E-state index contributed by atoms with van der Waals surface area (Å²) in [4.78, 5) is 17.7. The number of nitrogens with zero attached hydrogens (tertiary/aromatic N) is 1. The summed E-state index contributed by atoms with van der Waals surface area (Å²) < 4.78 is 11.6. The van der Waals surface area contributed by atoms with Gasteiger partial charge >= 0.3 is 0 Å². The molecule has 0 unspecified atom stereocenters. The number of carbonyl (C=O) groups excluding carboxylic acids is 1. The molecule has 1 amide bonds. The van der Waals surface area contributed by atoms with Gasteiger partial charge in [0, 0.05) is 21.0 Å². The standard InChI is InChI=1S/C20H15ClN2O3S2/c1-25-14-8-7-11(9-15(14)26-2)13-10-27-20(22-13)23-19(24)18-17(21)12-5-3-4-6-16(12)28-18/h3-10H,1-2H3,(H,22,23,24). The Labute approximate surface area is 174 Å². The first-order valence-electron chi connectivity index (χ1n) is 8.27. The van der Waals surface area contributed by atoms with Gasteiger partial charge in [-0.25, -0.2) is 4.98 Å². The molecule has 5 nitrogen and oxygen atoms in total. The molecule has 4 aromatic rings. The zero-order valence-corrected chi connectivity index (χ0v) is 17.4. The molecule has 0 fully saturated rings. The lowest BCUT2D eigenvalue weighted by Gasteiger charge is -2.08. The molecule has 0 bridgehead atoms. The maximum Gasteiger partial charge on any atom is 0.269 e. The van der Waals surface area contributed by atoms with Gasteiger partial charge in [0.1, 0.15) is 4.88 Å². The second-order valence-electron chi connectivity index (χ2n) is 5.80. The van der Waals surface area contributed by atoms with E-state index in [-0.39, 0.29) is 5.91 Å². The highest BCUT2D eigenvalue weighted by Gasteiger charge is 2.18. The molecule has 0 aliphatic rings. The second kappa shape index (κ2) is 7.79. The van der Waals surface area contributed by atoms with Crippen molar-refractivity contribution in [3.63, 3.8) is 0 Å². The van der Waals surface area contributed by atoms with E-state index in [9.17, 15) is 4.79 Å². The number of fused-ring (bicyclic) bond motifs is 1. The van der Waals surface area contributed by atoms with E-state index in [0.717, 1.165) is 21.3 Å². The Morgan fingerprint density at radius 2 is 1.89 bits per heavy atom. The number of benzene rings is 2. The molecule has 2 heterocycles. The Hall–Kier alpha value is -2.61. The summed E-state index contributed by atoms with van der Waals surface area (Å²) in [6.45, 7) is 0. The highest BCUT2D eigenvalue weighted by molar-refractivity contribution is 7.21. The molecule has 0 atom stereocenters. The first kappa shape index (κ1) is 18.7. The summed E-state index contributed by atoms with van der Waals surface area (Å²) in [6, 6.07) is 13.2. The van der Waals surface area contributed by atoms with E-state index in [0.29, 0.717) is 26.5 Å². The van der Waals surface area contributed by atoms with Crippen molar-refractivity contribution in [1.82, 2.24) is 4.98 Å². The van der Waals surface area contributed by atoms with E-state index in [1.807, 2.05) is 47.8 Å². The number of rotatable bonds is 5. The number of hydrogen-bond donors (Lipinski definition) is 1. The van der Waals surface area contributed by atoms with Crippen LogP contribution in [0.15, 0.2) is 47.8 Å². The third-order valence-corrected chi connectivity index (χ3v) is 6.58. The Morgan fingerprint density at radius 1 is 1.11 bits per heavy atom. The fourth-order valence-electron chi connectivity index (χ4n) is 2.77. The normalized spacial score (nSPS) is 10.8. The van der Waals surface area contributed by atoms with Gasteiger partial charge in [-0.1, -0.05) is 29.8 Å². The quantitative estimate of drug-likeness (QED) is 0.425. The van der Waals surface area contributed by atoms with Gasteiger partial charge in [-0.2, -0.15) is 0 Å². The van der Waals surface area contributed by atoms with Gasteiger partial charge in [-0.05, 0) is 24.3 Å². The van der Waals surface area contributed by atoms with Crippen LogP contribution in [-0.2, 0) is 0 Å². The lowest BCUT2D eigenvalue weighted by molar-refractivity contribution is 0.103. The van der Waals surface area contributed by atoms with Crippen molar-refractivity contribution in [3.8, 4) is 22.8 Å². The first-order chi connectivity index (χ1) is 13.6. The van der Waals surface area contributed by atoms with E-state index >= 15 is 0 Å². The number of methoxy groups -OCH3 is 2. The third-order valence-electron chi connectivity index (χ3n) is 4.15. The fourth-order valence-corrected chi connectivity index (χ4v) is 4.90. The SMILES string of the molecule is COc1ccc(-c2csc(NC(=O)c3sc4ccccc4c3Cl)n2)cc1OC. The van der Waals surface area contributed by atoms with Crippen LogP contribution in [0.3, 0.4) is 0 Å². The number of carbonyl (C=O) groups is 1. The molecule has 2 aromatic carbocycles. The van der Waals surface area contributed by atoms with Crippen LogP contribution >= 0.6 is 34.3 Å². The molecule has 0 spiro atoms. The Kier molecular flexibility index (Phi) is 5.21. The van der Waals surface area contributed by atoms with E-state index in [1.54, 1.807) is 14.2 Å². The molecule has 2 aromatic heterocycles. The smallest absolute Gasteiger partial charge is 0.269 e. The summed E-state index contributed by atoms with van der Waals surface area (Å²) in [5, 5.41) is 6.57. The van der Waals surface area contributed by atoms with Crippen LogP contribution < -0.4 is 14.8 Å². The first-order valence-corrected chi connectivity index (χ1v) is 10.3. The van der Waals surface area contributed by atoms with Crippen LogP contribution in [0.25, 0.3) is 21.3 Å². The van der Waals surface area contributed by atoms with Gasteiger partial charge in [-0.15, -0.1) is 22.7 Å². The number of anilines is 1. The Balaban J connectivity index is 1.58. The molecular weight excluding hydrogens is 416 g/mol. The number of thiophene rings is 1. The van der Waals surface area contributed by atoms with Crippen molar-refractivity contribution in [1.29, 1.82) is 0 Å². The highest BCUT2D eigenvalue weighted by atomic mass is 35.5. The molecule has 8 heteroatoms. The van der Waals surface area contributed by atoms with Crippen LogP contribution in [0.5, 0.6) is 11.5 Å². The number of amides is 1. The molecule has 142 valence electrons. The predicted octanol–water partition coefficient (Wildman–Crippen LogP) is 5.95. The maximum atomic E-state index is 12.7. The summed E-state index contributed by atoms with van der Waals surface area (Å²) >= 11 is 9.10.